The molecule has 2 aromatic rings. The van der Waals surface area contributed by atoms with E-state index in [4.69, 9.17) is 0 Å². The van der Waals surface area contributed by atoms with Gasteiger partial charge in [0.2, 0.25) is 0 Å². The molecule has 0 radical (unpaired) electrons. The van der Waals surface area contributed by atoms with E-state index in [1.165, 1.54) is 0 Å². The normalized spacial score (nSPS) is 10.4. The van der Waals surface area contributed by atoms with Crippen LogP contribution in [0.25, 0.3) is 10.9 Å². The largest absolute Gasteiger partial charge is 0.360 e. The Kier molecular flexibility index (Phi) is 1.47. The summed E-state index contributed by atoms with van der Waals surface area (Å²) in [5, 5.41) is 1.03. The molecule has 0 amide bonds. The van der Waals surface area contributed by atoms with E-state index in [0.29, 0.717) is 0 Å². The van der Waals surface area contributed by atoms with E-state index < -0.39 is 0 Å². The summed E-state index contributed by atoms with van der Waals surface area (Å²) in [6.45, 7) is 2.00. The van der Waals surface area contributed by atoms with Crippen molar-refractivity contribution >= 4 is 17.2 Å². The number of aromatic nitrogens is 1. The molecule has 2 heteroatoms. The van der Waals surface area contributed by atoms with Crippen molar-refractivity contribution in [2.24, 2.45) is 0 Å². The van der Waals surface area contributed by atoms with Gasteiger partial charge in [-0.25, -0.2) is 0 Å². The van der Waals surface area contributed by atoms with E-state index in [1.807, 2.05) is 25.1 Å². The van der Waals surface area contributed by atoms with E-state index in [1.54, 1.807) is 6.20 Å². The Hall–Kier alpha value is -1.57. The number of aromatic amines is 1. The van der Waals surface area contributed by atoms with Gasteiger partial charge in [0.25, 0.3) is 0 Å². The van der Waals surface area contributed by atoms with Gasteiger partial charge < -0.3 is 4.98 Å². The summed E-state index contributed by atoms with van der Waals surface area (Å²) in [5.41, 5.74) is 2.90. The Labute approximate surface area is 70.2 Å². The number of benzene rings is 1. The van der Waals surface area contributed by atoms with Crippen LogP contribution < -0.4 is 0 Å². The fourth-order valence-electron chi connectivity index (χ4n) is 1.49. The number of nitrogens with one attached hydrogen (secondary N) is 1. The lowest BCUT2D eigenvalue weighted by Gasteiger charge is -1.94. The molecular weight excluding hydrogens is 150 g/mol. The Morgan fingerprint density at radius 3 is 3.00 bits per heavy atom. The molecule has 1 aromatic carbocycles. The van der Waals surface area contributed by atoms with E-state index in [0.717, 1.165) is 28.3 Å². The summed E-state index contributed by atoms with van der Waals surface area (Å²) < 4.78 is 0. The predicted molar refractivity (Wildman–Crippen MR) is 48.4 cm³/mol. The van der Waals surface area contributed by atoms with Crippen LogP contribution in [0.2, 0.25) is 0 Å². The minimum absolute atomic E-state index is 0.739. The van der Waals surface area contributed by atoms with Gasteiger partial charge in [-0.1, -0.05) is 12.1 Å². The molecule has 0 saturated heterocycles. The molecule has 0 aliphatic carbocycles. The van der Waals surface area contributed by atoms with Crippen LogP contribution in [0.1, 0.15) is 15.9 Å². The van der Waals surface area contributed by atoms with Crippen molar-refractivity contribution in [2.45, 2.75) is 6.92 Å². The molecule has 0 atom stereocenters. The topological polar surface area (TPSA) is 32.9 Å². The van der Waals surface area contributed by atoms with Crippen molar-refractivity contribution in [3.05, 3.63) is 35.5 Å². The van der Waals surface area contributed by atoms with Crippen molar-refractivity contribution in [3.63, 3.8) is 0 Å². The molecule has 0 unspecified atom stereocenters. The number of hydrogen-bond donors (Lipinski definition) is 1. The van der Waals surface area contributed by atoms with Gasteiger partial charge in [0.1, 0.15) is 0 Å². The molecule has 2 nitrogen and oxygen atoms in total. The minimum atomic E-state index is 0.739. The maximum Gasteiger partial charge on any atom is 0.152 e. The van der Waals surface area contributed by atoms with Gasteiger partial charge in [0.15, 0.2) is 6.29 Å². The molecule has 1 heterocycles. The standard InChI is InChI=1S/C10H9NO/c1-7-3-2-4-9-10(7)8(6-12)5-11-9/h2-6,11H,1H3. The van der Waals surface area contributed by atoms with Gasteiger partial charge in [0, 0.05) is 22.7 Å². The third-order valence-electron chi connectivity index (χ3n) is 2.07. The SMILES string of the molecule is Cc1cccc2[nH]cc(C=O)c12. The lowest BCUT2D eigenvalue weighted by Crippen LogP contribution is -1.78. The number of hydrogen-bond acceptors (Lipinski definition) is 1. The van der Waals surface area contributed by atoms with Crippen LogP contribution in [-0.4, -0.2) is 11.3 Å². The van der Waals surface area contributed by atoms with Crippen LogP contribution in [0.4, 0.5) is 0 Å². The highest BCUT2D eigenvalue weighted by Crippen LogP contribution is 2.20. The number of carbonyl (C=O) groups is 1. The van der Waals surface area contributed by atoms with E-state index in [-0.39, 0.29) is 0 Å². The first-order valence-corrected chi connectivity index (χ1v) is 3.85. The third kappa shape index (κ3) is 0.848. The molecule has 1 N–H and O–H groups in total. The van der Waals surface area contributed by atoms with Gasteiger partial charge >= 0.3 is 0 Å². The van der Waals surface area contributed by atoms with E-state index >= 15 is 0 Å². The highest BCUT2D eigenvalue weighted by Gasteiger charge is 2.03. The molecule has 0 fully saturated rings. The summed E-state index contributed by atoms with van der Waals surface area (Å²) in [6.07, 6.45) is 2.62. The van der Waals surface area contributed by atoms with Gasteiger partial charge in [-0.2, -0.15) is 0 Å². The summed E-state index contributed by atoms with van der Waals surface area (Å²) in [7, 11) is 0. The Balaban J connectivity index is 2.91. The van der Waals surface area contributed by atoms with Crippen LogP contribution >= 0.6 is 0 Å². The second-order valence-corrected chi connectivity index (χ2v) is 2.86. The maximum absolute atomic E-state index is 10.6. The van der Waals surface area contributed by atoms with Crippen LogP contribution in [0.15, 0.2) is 24.4 Å². The number of aldehydes is 1. The molecule has 0 bridgehead atoms. The average Bonchev–Trinajstić information content (AvgIpc) is 2.49. The predicted octanol–water partition coefficient (Wildman–Crippen LogP) is 2.29. The number of aryl methyl sites for hydroxylation is 1. The zero-order valence-electron chi connectivity index (χ0n) is 6.79. The first-order valence-electron chi connectivity index (χ1n) is 3.85. The maximum atomic E-state index is 10.6. The molecule has 1 aromatic heterocycles. The first kappa shape index (κ1) is 7.10. The van der Waals surface area contributed by atoms with Crippen molar-refractivity contribution in [1.82, 2.24) is 4.98 Å². The average molecular weight is 159 g/mol. The minimum Gasteiger partial charge on any atom is -0.360 e. The van der Waals surface area contributed by atoms with Crippen molar-refractivity contribution in [3.8, 4) is 0 Å². The molecule has 2 rings (SSSR count). The van der Waals surface area contributed by atoms with Crippen molar-refractivity contribution in [2.75, 3.05) is 0 Å². The molecule has 0 saturated carbocycles. The summed E-state index contributed by atoms with van der Waals surface area (Å²) in [4.78, 5) is 13.7. The monoisotopic (exact) mass is 159 g/mol. The fourth-order valence-corrected chi connectivity index (χ4v) is 1.49. The van der Waals surface area contributed by atoms with E-state index in [2.05, 4.69) is 4.98 Å². The number of fused-ring (bicyclic) bond motifs is 1. The highest BCUT2D eigenvalue weighted by molar-refractivity contribution is 5.98. The van der Waals surface area contributed by atoms with Gasteiger partial charge in [-0.05, 0) is 18.6 Å². The third-order valence-corrected chi connectivity index (χ3v) is 2.07. The second kappa shape index (κ2) is 2.48. The summed E-state index contributed by atoms with van der Waals surface area (Å²) in [5.74, 6) is 0. The van der Waals surface area contributed by atoms with Crippen LogP contribution in [0.3, 0.4) is 0 Å². The Morgan fingerprint density at radius 2 is 2.25 bits per heavy atom. The van der Waals surface area contributed by atoms with Gasteiger partial charge in [-0.3, -0.25) is 4.79 Å². The highest BCUT2D eigenvalue weighted by atomic mass is 16.1. The van der Waals surface area contributed by atoms with Gasteiger partial charge in [-0.15, -0.1) is 0 Å². The van der Waals surface area contributed by atoms with Crippen LogP contribution in [-0.2, 0) is 0 Å². The molecule has 0 aliphatic heterocycles. The fraction of sp³-hybridized carbons (Fsp3) is 0.100. The van der Waals surface area contributed by atoms with Crippen LogP contribution in [0, 0.1) is 6.92 Å². The lowest BCUT2D eigenvalue weighted by molar-refractivity contribution is 0.112. The zero-order valence-corrected chi connectivity index (χ0v) is 6.79. The Morgan fingerprint density at radius 1 is 1.42 bits per heavy atom. The quantitative estimate of drug-likeness (QED) is 0.636. The summed E-state index contributed by atoms with van der Waals surface area (Å²) in [6, 6.07) is 5.95. The van der Waals surface area contributed by atoms with Crippen molar-refractivity contribution in [1.29, 1.82) is 0 Å². The van der Waals surface area contributed by atoms with Crippen molar-refractivity contribution < 1.29 is 4.79 Å². The molecule has 12 heavy (non-hydrogen) atoms. The van der Waals surface area contributed by atoms with Crippen LogP contribution in [0.5, 0.6) is 0 Å². The lowest BCUT2D eigenvalue weighted by atomic mass is 10.1. The first-order chi connectivity index (χ1) is 5.83. The smallest absolute Gasteiger partial charge is 0.152 e. The van der Waals surface area contributed by atoms with E-state index in [9.17, 15) is 4.79 Å². The zero-order chi connectivity index (χ0) is 8.55. The number of rotatable bonds is 1. The number of H-pyrrole nitrogens is 1. The molecule has 0 aliphatic rings. The summed E-state index contributed by atoms with van der Waals surface area (Å²) >= 11 is 0. The molecule has 0 spiro atoms. The Bertz CT molecular complexity index is 428. The van der Waals surface area contributed by atoms with Gasteiger partial charge in [0.05, 0.1) is 0 Å². The second-order valence-electron chi connectivity index (χ2n) is 2.86. The number of carbonyl (C=O) groups excluding carboxylic acids is 1. The molecule has 60 valence electrons. The molecular formula is C10H9NO.